The number of carbonyl (C=O) groups excluding carboxylic acids is 1. The molecule has 0 aliphatic carbocycles. The molecule has 2 rings (SSSR count). The SMILES string of the molecule is CC(C)(COc1ncccc1C(F)(F)F)C(=O)NC1CCNCC1Cl. The molecule has 1 aliphatic rings. The molecule has 0 bridgehead atoms. The number of halogens is 4. The standard InChI is InChI=1S/C16H21ClF3N3O2/c1-15(2,14(24)23-12-5-7-21-8-11(12)17)9-25-13-10(16(18,19)20)4-3-6-22-13/h3-4,6,11-12,21H,5,7-9H2,1-2H3,(H,23,24). The molecule has 1 aromatic rings. The molecule has 1 aromatic heterocycles. The van der Waals surface area contributed by atoms with E-state index in [1.807, 2.05) is 0 Å². The molecule has 2 N–H and O–H groups in total. The van der Waals surface area contributed by atoms with Crippen molar-refractivity contribution in [1.82, 2.24) is 15.6 Å². The Bertz CT molecular complexity index is 611. The van der Waals surface area contributed by atoms with Gasteiger partial charge in [-0.1, -0.05) is 0 Å². The fourth-order valence-corrected chi connectivity index (χ4v) is 2.68. The summed E-state index contributed by atoms with van der Waals surface area (Å²) < 4.78 is 44.1. The van der Waals surface area contributed by atoms with Crippen LogP contribution in [0.2, 0.25) is 0 Å². The van der Waals surface area contributed by atoms with Crippen LogP contribution in [0.1, 0.15) is 25.8 Å². The monoisotopic (exact) mass is 379 g/mol. The van der Waals surface area contributed by atoms with Gasteiger partial charge in [0.05, 0.1) is 10.8 Å². The van der Waals surface area contributed by atoms with E-state index in [0.29, 0.717) is 13.0 Å². The third-order valence-electron chi connectivity index (χ3n) is 3.99. The number of hydrogen-bond donors (Lipinski definition) is 2. The molecule has 5 nitrogen and oxygen atoms in total. The molecule has 1 aliphatic heterocycles. The number of amides is 1. The molecule has 9 heteroatoms. The second-order valence-electron chi connectivity index (χ2n) is 6.62. The summed E-state index contributed by atoms with van der Waals surface area (Å²) in [5, 5.41) is 5.74. The van der Waals surface area contributed by atoms with Crippen molar-refractivity contribution in [3.8, 4) is 5.88 Å². The first kappa shape index (κ1) is 19.8. The Morgan fingerprint density at radius 1 is 1.48 bits per heavy atom. The van der Waals surface area contributed by atoms with E-state index in [1.165, 1.54) is 12.3 Å². The Morgan fingerprint density at radius 3 is 2.84 bits per heavy atom. The van der Waals surface area contributed by atoms with Crippen molar-refractivity contribution >= 4 is 17.5 Å². The lowest BCUT2D eigenvalue weighted by atomic mass is 9.92. The van der Waals surface area contributed by atoms with Crippen LogP contribution in [-0.2, 0) is 11.0 Å². The lowest BCUT2D eigenvalue weighted by Gasteiger charge is -2.32. The van der Waals surface area contributed by atoms with E-state index in [0.717, 1.165) is 12.6 Å². The summed E-state index contributed by atoms with van der Waals surface area (Å²) in [6.45, 7) is 4.29. The fourth-order valence-electron chi connectivity index (χ4n) is 2.38. The fraction of sp³-hybridized carbons (Fsp3) is 0.625. The van der Waals surface area contributed by atoms with Gasteiger partial charge in [-0.2, -0.15) is 13.2 Å². The van der Waals surface area contributed by atoms with Crippen molar-refractivity contribution in [3.05, 3.63) is 23.9 Å². The van der Waals surface area contributed by atoms with Crippen LogP contribution in [0.3, 0.4) is 0 Å². The maximum absolute atomic E-state index is 13.0. The lowest BCUT2D eigenvalue weighted by molar-refractivity contribution is -0.139. The zero-order valence-electron chi connectivity index (χ0n) is 14.0. The molecule has 1 amide bonds. The number of hydrogen-bond acceptors (Lipinski definition) is 4. The molecule has 0 saturated carbocycles. The normalized spacial score (nSPS) is 21.7. The van der Waals surface area contributed by atoms with Gasteiger partial charge in [0.15, 0.2) is 0 Å². The van der Waals surface area contributed by atoms with E-state index >= 15 is 0 Å². The highest BCUT2D eigenvalue weighted by molar-refractivity contribution is 6.21. The van der Waals surface area contributed by atoms with Crippen LogP contribution in [0.4, 0.5) is 13.2 Å². The average Bonchev–Trinajstić information content (AvgIpc) is 2.54. The lowest BCUT2D eigenvalue weighted by Crippen LogP contribution is -2.54. The minimum absolute atomic E-state index is 0.185. The molecule has 0 aromatic carbocycles. The van der Waals surface area contributed by atoms with Crippen molar-refractivity contribution < 1.29 is 22.7 Å². The van der Waals surface area contributed by atoms with Gasteiger partial charge < -0.3 is 15.4 Å². The molecule has 2 atom stereocenters. The van der Waals surface area contributed by atoms with Crippen molar-refractivity contribution in [2.24, 2.45) is 5.41 Å². The Morgan fingerprint density at radius 2 is 2.20 bits per heavy atom. The molecule has 1 saturated heterocycles. The topological polar surface area (TPSA) is 63.2 Å². The zero-order valence-corrected chi connectivity index (χ0v) is 14.7. The first-order valence-electron chi connectivity index (χ1n) is 7.92. The van der Waals surface area contributed by atoms with Crippen LogP contribution < -0.4 is 15.4 Å². The second-order valence-corrected chi connectivity index (χ2v) is 7.18. The van der Waals surface area contributed by atoms with Gasteiger partial charge >= 0.3 is 6.18 Å². The van der Waals surface area contributed by atoms with Gasteiger partial charge in [0, 0.05) is 18.8 Å². The molecule has 1 fully saturated rings. The van der Waals surface area contributed by atoms with Crippen LogP contribution in [0.5, 0.6) is 5.88 Å². The van der Waals surface area contributed by atoms with E-state index in [9.17, 15) is 18.0 Å². The molecule has 0 spiro atoms. The van der Waals surface area contributed by atoms with Gasteiger partial charge in [-0.15, -0.1) is 11.6 Å². The first-order valence-corrected chi connectivity index (χ1v) is 8.35. The maximum Gasteiger partial charge on any atom is 0.421 e. The van der Waals surface area contributed by atoms with Crippen LogP contribution in [0, 0.1) is 5.41 Å². The summed E-state index contributed by atoms with van der Waals surface area (Å²) in [7, 11) is 0. The van der Waals surface area contributed by atoms with Gasteiger partial charge in [-0.3, -0.25) is 4.79 Å². The third kappa shape index (κ3) is 5.22. The van der Waals surface area contributed by atoms with Crippen molar-refractivity contribution in [2.75, 3.05) is 19.7 Å². The number of carbonyl (C=O) groups is 1. The summed E-state index contributed by atoms with van der Waals surface area (Å²) in [6, 6.07) is 1.89. The van der Waals surface area contributed by atoms with E-state index < -0.39 is 23.0 Å². The highest BCUT2D eigenvalue weighted by atomic mass is 35.5. The molecular weight excluding hydrogens is 359 g/mol. The largest absolute Gasteiger partial charge is 0.476 e. The van der Waals surface area contributed by atoms with E-state index in [2.05, 4.69) is 15.6 Å². The summed E-state index contributed by atoms with van der Waals surface area (Å²) in [6.07, 6.45) is -2.67. The number of alkyl halides is 4. The van der Waals surface area contributed by atoms with Crippen LogP contribution in [0.15, 0.2) is 18.3 Å². The Labute approximate surface area is 149 Å². The summed E-state index contributed by atoms with van der Waals surface area (Å²) in [5.41, 5.74) is -2.01. The Hall–Kier alpha value is -1.54. The second kappa shape index (κ2) is 7.78. The molecule has 2 heterocycles. The van der Waals surface area contributed by atoms with Gasteiger partial charge in [0.1, 0.15) is 12.2 Å². The maximum atomic E-state index is 13.0. The predicted molar refractivity (Wildman–Crippen MR) is 87.6 cm³/mol. The van der Waals surface area contributed by atoms with Gasteiger partial charge in [0.2, 0.25) is 11.8 Å². The summed E-state index contributed by atoms with van der Waals surface area (Å²) in [4.78, 5) is 16.1. The molecule has 140 valence electrons. The quantitative estimate of drug-likeness (QED) is 0.772. The predicted octanol–water partition coefficient (Wildman–Crippen LogP) is 2.59. The van der Waals surface area contributed by atoms with E-state index in [1.54, 1.807) is 13.8 Å². The highest BCUT2D eigenvalue weighted by Gasteiger charge is 2.37. The molecule has 2 unspecified atom stereocenters. The van der Waals surface area contributed by atoms with Crippen LogP contribution >= 0.6 is 11.6 Å². The van der Waals surface area contributed by atoms with Crippen molar-refractivity contribution in [1.29, 1.82) is 0 Å². The number of piperidine rings is 1. The van der Waals surface area contributed by atoms with E-state index in [-0.39, 0.29) is 23.9 Å². The van der Waals surface area contributed by atoms with Crippen molar-refractivity contribution in [2.45, 2.75) is 37.9 Å². The Balaban J connectivity index is 2.00. The minimum Gasteiger partial charge on any atom is -0.476 e. The number of pyridine rings is 1. The molecule has 0 radical (unpaired) electrons. The summed E-state index contributed by atoms with van der Waals surface area (Å²) >= 11 is 6.18. The van der Waals surface area contributed by atoms with Crippen LogP contribution in [0.25, 0.3) is 0 Å². The van der Waals surface area contributed by atoms with Crippen LogP contribution in [-0.4, -0.2) is 42.0 Å². The van der Waals surface area contributed by atoms with Gasteiger partial charge in [-0.05, 0) is 38.9 Å². The van der Waals surface area contributed by atoms with Gasteiger partial charge in [-0.25, -0.2) is 4.98 Å². The van der Waals surface area contributed by atoms with Gasteiger partial charge in [0.25, 0.3) is 0 Å². The van der Waals surface area contributed by atoms with E-state index in [4.69, 9.17) is 16.3 Å². The third-order valence-corrected chi connectivity index (χ3v) is 4.44. The number of rotatable bonds is 5. The minimum atomic E-state index is -4.57. The Kier molecular flexibility index (Phi) is 6.16. The average molecular weight is 380 g/mol. The molecule has 25 heavy (non-hydrogen) atoms. The zero-order chi connectivity index (χ0) is 18.7. The number of nitrogens with zero attached hydrogens (tertiary/aromatic N) is 1. The highest BCUT2D eigenvalue weighted by Crippen LogP contribution is 2.35. The smallest absolute Gasteiger partial charge is 0.421 e. The number of aromatic nitrogens is 1. The van der Waals surface area contributed by atoms with Crippen molar-refractivity contribution in [3.63, 3.8) is 0 Å². The number of nitrogens with one attached hydrogen (secondary N) is 2. The number of ether oxygens (including phenoxy) is 1. The molecular formula is C16H21ClF3N3O2. The first-order chi connectivity index (χ1) is 11.6. The summed E-state index contributed by atoms with van der Waals surface area (Å²) in [5.74, 6) is -0.859.